The second-order valence-electron chi connectivity index (χ2n) is 3.19. The van der Waals surface area contributed by atoms with Crippen LogP contribution >= 0.6 is 0 Å². The van der Waals surface area contributed by atoms with E-state index in [0.717, 1.165) is 18.9 Å². The molecule has 4 nitrogen and oxygen atoms in total. The fourth-order valence-corrected chi connectivity index (χ4v) is 2.07. The number of hydrogen-bond acceptors (Lipinski definition) is 4. The molecule has 0 bridgehead atoms. The van der Waals surface area contributed by atoms with Crippen LogP contribution in [0, 0.1) is 0 Å². The van der Waals surface area contributed by atoms with Crippen LogP contribution < -0.4 is 11.0 Å². The molecule has 1 unspecified atom stereocenters. The molecule has 3 rings (SSSR count). The molecule has 0 aromatic heterocycles. The quantitative estimate of drug-likeness (QED) is 0.463. The normalized spacial score (nSPS) is 43.4. The summed E-state index contributed by atoms with van der Waals surface area (Å²) in [5, 5.41) is 2.27. The molecule has 54 valence electrons. The Balaban J connectivity index is 2.07. The summed E-state index contributed by atoms with van der Waals surface area (Å²) in [5.41, 5.74) is 6.50. The topological polar surface area (TPSA) is 39.7 Å². The molecule has 0 amide bonds. The first-order valence-corrected chi connectivity index (χ1v) is 3.76. The molecule has 3 aliphatic rings. The van der Waals surface area contributed by atoms with Gasteiger partial charge in [-0.05, 0) is 12.8 Å². The van der Waals surface area contributed by atoms with Crippen LogP contribution in [0.4, 0.5) is 0 Å². The maximum Gasteiger partial charge on any atom is 0.136 e. The Kier molecular flexibility index (Phi) is 0.690. The highest BCUT2D eigenvalue weighted by Crippen LogP contribution is 2.36. The van der Waals surface area contributed by atoms with Crippen molar-refractivity contribution in [2.24, 2.45) is 4.99 Å². The summed E-state index contributed by atoms with van der Waals surface area (Å²) in [6, 6.07) is 0. The van der Waals surface area contributed by atoms with E-state index in [0.29, 0.717) is 5.54 Å². The Morgan fingerprint density at radius 2 is 2.60 bits per heavy atom. The lowest BCUT2D eigenvalue weighted by atomic mass is 9.91. The minimum atomic E-state index is 0.306. The predicted octanol–water partition coefficient (Wildman–Crippen LogP) is -0.744. The van der Waals surface area contributed by atoms with E-state index in [-0.39, 0.29) is 0 Å². The van der Waals surface area contributed by atoms with Crippen molar-refractivity contribution >= 4 is 5.84 Å². The van der Waals surface area contributed by atoms with Gasteiger partial charge in [-0.1, -0.05) is 0 Å². The third kappa shape index (κ3) is 0.349. The smallest absolute Gasteiger partial charge is 0.136 e. The summed E-state index contributed by atoms with van der Waals surface area (Å²) >= 11 is 0. The van der Waals surface area contributed by atoms with Gasteiger partial charge < -0.3 is 0 Å². The summed E-state index contributed by atoms with van der Waals surface area (Å²) in [6.45, 7) is 2.15. The number of aliphatic imine (C=N–C) groups is 1. The van der Waals surface area contributed by atoms with Gasteiger partial charge in [0.15, 0.2) is 0 Å². The van der Waals surface area contributed by atoms with Crippen LogP contribution in [0.25, 0.3) is 0 Å². The summed E-state index contributed by atoms with van der Waals surface area (Å²) in [6.07, 6.45) is 2.57. The first-order chi connectivity index (χ1) is 4.92. The monoisotopic (exact) mass is 138 g/mol. The number of nitrogens with zero attached hydrogens (tertiary/aromatic N) is 2. The highest BCUT2D eigenvalue weighted by Gasteiger charge is 2.54. The molecular weight excluding hydrogens is 128 g/mol. The molecule has 1 atom stereocenters. The van der Waals surface area contributed by atoms with Crippen molar-refractivity contribution in [3.8, 4) is 0 Å². The third-order valence-corrected chi connectivity index (χ3v) is 2.74. The highest BCUT2D eigenvalue weighted by atomic mass is 15.8. The van der Waals surface area contributed by atoms with Gasteiger partial charge >= 0.3 is 0 Å². The van der Waals surface area contributed by atoms with Gasteiger partial charge in [-0.2, -0.15) is 5.53 Å². The summed E-state index contributed by atoms with van der Waals surface area (Å²) < 4.78 is 0. The van der Waals surface area contributed by atoms with Crippen LogP contribution in [-0.4, -0.2) is 29.5 Å². The average molecular weight is 138 g/mol. The number of rotatable bonds is 0. The number of hydrogen-bond donors (Lipinski definition) is 2. The van der Waals surface area contributed by atoms with E-state index in [1.807, 2.05) is 0 Å². The van der Waals surface area contributed by atoms with Crippen molar-refractivity contribution in [2.75, 3.05) is 13.1 Å². The van der Waals surface area contributed by atoms with Gasteiger partial charge in [-0.25, -0.2) is 5.01 Å². The minimum Gasteiger partial charge on any atom is -0.294 e. The zero-order chi connectivity index (χ0) is 6.60. The summed E-state index contributed by atoms with van der Waals surface area (Å²) in [4.78, 5) is 4.27. The lowest BCUT2D eigenvalue weighted by Gasteiger charge is -2.33. The molecular formula is C6H10N4. The molecule has 0 saturated carbocycles. The molecule has 2 fully saturated rings. The van der Waals surface area contributed by atoms with Crippen LogP contribution in [0.5, 0.6) is 0 Å². The van der Waals surface area contributed by atoms with Crippen molar-refractivity contribution in [3.63, 3.8) is 0 Å². The van der Waals surface area contributed by atoms with Crippen LogP contribution in [-0.2, 0) is 0 Å². The second kappa shape index (κ2) is 1.35. The van der Waals surface area contributed by atoms with Crippen molar-refractivity contribution < 1.29 is 0 Å². The van der Waals surface area contributed by atoms with Gasteiger partial charge in [0.25, 0.3) is 0 Å². The van der Waals surface area contributed by atoms with E-state index in [2.05, 4.69) is 21.0 Å². The van der Waals surface area contributed by atoms with E-state index < -0.39 is 0 Å². The Hall–Kier alpha value is -0.610. The maximum absolute atomic E-state index is 4.27. The zero-order valence-electron chi connectivity index (χ0n) is 5.72. The fourth-order valence-electron chi connectivity index (χ4n) is 2.07. The van der Waals surface area contributed by atoms with E-state index in [9.17, 15) is 0 Å². The van der Waals surface area contributed by atoms with Crippen molar-refractivity contribution in [3.05, 3.63) is 0 Å². The molecule has 2 saturated heterocycles. The molecule has 3 aliphatic heterocycles. The van der Waals surface area contributed by atoms with E-state index in [1.54, 1.807) is 0 Å². The van der Waals surface area contributed by atoms with Gasteiger partial charge in [0.2, 0.25) is 0 Å². The first-order valence-electron chi connectivity index (χ1n) is 3.76. The lowest BCUT2D eigenvalue weighted by molar-refractivity contribution is 0.157. The van der Waals surface area contributed by atoms with Crippen LogP contribution in [0.2, 0.25) is 0 Å². The minimum absolute atomic E-state index is 0.306. The Morgan fingerprint density at radius 3 is 3.30 bits per heavy atom. The average Bonchev–Trinajstić information content (AvgIpc) is 2.38. The van der Waals surface area contributed by atoms with Gasteiger partial charge in [0.1, 0.15) is 11.4 Å². The molecule has 0 aliphatic carbocycles. The molecule has 4 heteroatoms. The largest absolute Gasteiger partial charge is 0.294 e. The van der Waals surface area contributed by atoms with Crippen molar-refractivity contribution in [1.29, 1.82) is 0 Å². The Morgan fingerprint density at radius 1 is 1.60 bits per heavy atom. The molecule has 2 N–H and O–H groups in total. The fraction of sp³-hybridized carbons (Fsp3) is 0.833. The molecule has 3 heterocycles. The standard InChI is InChI=1S/C6H10N4/c1-2-6-4-7-5(6)8-9-10(6)3-1/h9H,1-4H2,(H,7,8). The van der Waals surface area contributed by atoms with Gasteiger partial charge in [-0.3, -0.25) is 10.4 Å². The van der Waals surface area contributed by atoms with Crippen LogP contribution in [0.3, 0.4) is 0 Å². The van der Waals surface area contributed by atoms with Crippen molar-refractivity contribution in [2.45, 2.75) is 18.4 Å². The van der Waals surface area contributed by atoms with E-state index in [1.165, 1.54) is 12.8 Å². The number of amidine groups is 1. The third-order valence-electron chi connectivity index (χ3n) is 2.74. The molecule has 0 aromatic rings. The lowest BCUT2D eigenvalue weighted by Crippen LogP contribution is -2.54. The Labute approximate surface area is 59.2 Å². The predicted molar refractivity (Wildman–Crippen MR) is 37.2 cm³/mol. The van der Waals surface area contributed by atoms with Gasteiger partial charge in [-0.15, -0.1) is 0 Å². The molecule has 10 heavy (non-hydrogen) atoms. The summed E-state index contributed by atoms with van der Waals surface area (Å²) in [5.74, 6) is 1.16. The van der Waals surface area contributed by atoms with Gasteiger partial charge in [0, 0.05) is 6.54 Å². The SMILES string of the molecule is C1CN2NNC3=NCC32C1. The number of hydrazine groups is 2. The molecule has 0 aromatic carbocycles. The second-order valence-corrected chi connectivity index (χ2v) is 3.19. The van der Waals surface area contributed by atoms with Crippen LogP contribution in [0.1, 0.15) is 12.8 Å². The van der Waals surface area contributed by atoms with Crippen molar-refractivity contribution in [1.82, 2.24) is 16.0 Å². The van der Waals surface area contributed by atoms with Crippen LogP contribution in [0.15, 0.2) is 4.99 Å². The number of nitrogens with one attached hydrogen (secondary N) is 2. The molecule has 0 radical (unpaired) electrons. The highest BCUT2D eigenvalue weighted by molar-refractivity contribution is 5.97. The van der Waals surface area contributed by atoms with E-state index in [4.69, 9.17) is 0 Å². The summed E-state index contributed by atoms with van der Waals surface area (Å²) in [7, 11) is 0. The zero-order valence-corrected chi connectivity index (χ0v) is 5.72. The van der Waals surface area contributed by atoms with Gasteiger partial charge in [0.05, 0.1) is 6.54 Å². The Bertz CT molecular complexity index is 212. The van der Waals surface area contributed by atoms with E-state index >= 15 is 0 Å². The first kappa shape index (κ1) is 5.09. The molecule has 1 spiro atoms. The maximum atomic E-state index is 4.27.